The van der Waals surface area contributed by atoms with Gasteiger partial charge in [0.15, 0.2) is 6.29 Å². The number of aldehydes is 1. The normalized spacial score (nSPS) is 18.9. The molecule has 2 amide bonds. The van der Waals surface area contributed by atoms with Crippen molar-refractivity contribution in [1.82, 2.24) is 15.5 Å². The van der Waals surface area contributed by atoms with Gasteiger partial charge < -0.3 is 0 Å². The molecule has 0 radical (unpaired) electrons. The van der Waals surface area contributed by atoms with Crippen LogP contribution in [-0.2, 0) is 9.59 Å². The smallest absolute Gasteiger partial charge is 0.234 e. The molecule has 0 aliphatic carbocycles. The molecule has 2 heterocycles. The molecule has 6 heteroatoms. The van der Waals surface area contributed by atoms with Gasteiger partial charge in [-0.2, -0.15) is 10.2 Å². The lowest BCUT2D eigenvalue weighted by atomic mass is 9.87. The van der Waals surface area contributed by atoms with Crippen LogP contribution in [0.4, 0.5) is 0 Å². The Morgan fingerprint density at radius 2 is 1.90 bits per heavy atom. The molecule has 1 atom stereocenters. The van der Waals surface area contributed by atoms with E-state index in [2.05, 4.69) is 15.5 Å². The summed E-state index contributed by atoms with van der Waals surface area (Å²) in [5.41, 5.74) is 1.27. The first-order valence-corrected chi connectivity index (χ1v) is 6.23. The molecule has 1 aliphatic rings. The number of nitrogens with zero attached hydrogens (tertiary/aromatic N) is 2. The highest BCUT2D eigenvalue weighted by Gasteiger charge is 2.29. The van der Waals surface area contributed by atoms with E-state index in [4.69, 9.17) is 0 Å². The van der Waals surface area contributed by atoms with Crippen molar-refractivity contribution in [2.75, 3.05) is 0 Å². The van der Waals surface area contributed by atoms with Gasteiger partial charge in [0, 0.05) is 22.8 Å². The third-order valence-electron chi connectivity index (χ3n) is 3.54. The zero-order valence-corrected chi connectivity index (χ0v) is 10.5. The first-order chi connectivity index (χ1) is 9.70. The lowest BCUT2D eigenvalue weighted by Gasteiger charge is -2.22. The molecule has 1 aromatic heterocycles. The average molecular weight is 269 g/mol. The molecule has 1 fully saturated rings. The maximum Gasteiger partial charge on any atom is 0.234 e. The lowest BCUT2D eigenvalue weighted by Crippen LogP contribution is -2.39. The predicted octanol–water partition coefficient (Wildman–Crippen LogP) is 0.962. The average Bonchev–Trinajstić information content (AvgIpc) is 2.47. The first kappa shape index (κ1) is 12.4. The number of fused-ring (bicyclic) bond motifs is 1. The van der Waals surface area contributed by atoms with Gasteiger partial charge in [-0.15, -0.1) is 0 Å². The number of aromatic nitrogens is 2. The van der Waals surface area contributed by atoms with Gasteiger partial charge in [-0.1, -0.05) is 12.1 Å². The second-order valence-corrected chi connectivity index (χ2v) is 4.68. The summed E-state index contributed by atoms with van der Waals surface area (Å²) in [5.74, 6) is -0.960. The number of amides is 2. The number of piperidine rings is 1. The molecule has 0 bridgehead atoms. The standard InChI is InChI=1S/C14H11N3O3/c18-7-8-1-2-9(12-6-16-15-5-11(8)12)10-3-4-13(19)17-14(10)20/h1-2,5-7,10H,3-4H2,(H,17,19,20). The van der Waals surface area contributed by atoms with Crippen LogP contribution in [0.25, 0.3) is 10.8 Å². The van der Waals surface area contributed by atoms with Crippen LogP contribution < -0.4 is 5.32 Å². The largest absolute Gasteiger partial charge is 0.298 e. The Kier molecular flexibility index (Phi) is 2.98. The highest BCUT2D eigenvalue weighted by Crippen LogP contribution is 2.31. The van der Waals surface area contributed by atoms with Gasteiger partial charge in [-0.25, -0.2) is 0 Å². The predicted molar refractivity (Wildman–Crippen MR) is 70.1 cm³/mol. The van der Waals surface area contributed by atoms with E-state index in [9.17, 15) is 14.4 Å². The highest BCUT2D eigenvalue weighted by atomic mass is 16.2. The maximum atomic E-state index is 12.0. The molecule has 2 aromatic rings. The summed E-state index contributed by atoms with van der Waals surface area (Å²) in [6.07, 6.45) is 4.57. The van der Waals surface area contributed by atoms with Crippen LogP contribution in [-0.4, -0.2) is 28.3 Å². The van der Waals surface area contributed by atoms with Gasteiger partial charge in [0.05, 0.1) is 18.3 Å². The number of carbonyl (C=O) groups is 3. The Labute approximate surface area is 114 Å². The van der Waals surface area contributed by atoms with Crippen molar-refractivity contribution >= 4 is 28.9 Å². The summed E-state index contributed by atoms with van der Waals surface area (Å²) in [5, 5.41) is 11.3. The van der Waals surface area contributed by atoms with E-state index in [1.165, 1.54) is 6.20 Å². The Morgan fingerprint density at radius 1 is 1.15 bits per heavy atom. The van der Waals surface area contributed by atoms with Crippen molar-refractivity contribution in [3.63, 3.8) is 0 Å². The van der Waals surface area contributed by atoms with Crippen molar-refractivity contribution in [3.8, 4) is 0 Å². The minimum atomic E-state index is -0.403. The number of nitrogens with one attached hydrogen (secondary N) is 1. The SMILES string of the molecule is O=Cc1ccc(C2CCC(=O)NC2=O)c2cnncc12. The van der Waals surface area contributed by atoms with Crippen molar-refractivity contribution in [1.29, 1.82) is 0 Å². The molecular formula is C14H11N3O3. The van der Waals surface area contributed by atoms with E-state index in [1.54, 1.807) is 18.3 Å². The molecule has 6 nitrogen and oxygen atoms in total. The topological polar surface area (TPSA) is 89.0 Å². The Morgan fingerprint density at radius 3 is 2.60 bits per heavy atom. The summed E-state index contributed by atoms with van der Waals surface area (Å²) in [6, 6.07) is 3.41. The van der Waals surface area contributed by atoms with Crippen molar-refractivity contribution in [3.05, 3.63) is 35.7 Å². The van der Waals surface area contributed by atoms with E-state index in [0.29, 0.717) is 23.8 Å². The Hall–Kier alpha value is -2.63. The second kappa shape index (κ2) is 4.80. The summed E-state index contributed by atoms with van der Waals surface area (Å²) in [4.78, 5) is 34.2. The number of carbonyl (C=O) groups excluding carboxylic acids is 3. The van der Waals surface area contributed by atoms with E-state index in [-0.39, 0.29) is 11.8 Å². The van der Waals surface area contributed by atoms with Gasteiger partial charge in [0.25, 0.3) is 0 Å². The summed E-state index contributed by atoms with van der Waals surface area (Å²) in [6.45, 7) is 0. The van der Waals surface area contributed by atoms with Crippen LogP contribution in [0.2, 0.25) is 0 Å². The molecule has 1 unspecified atom stereocenters. The lowest BCUT2D eigenvalue weighted by molar-refractivity contribution is -0.134. The van der Waals surface area contributed by atoms with Crippen LogP contribution in [0.15, 0.2) is 24.5 Å². The Balaban J connectivity index is 2.15. The summed E-state index contributed by atoms with van der Waals surface area (Å²) >= 11 is 0. The third kappa shape index (κ3) is 1.95. The number of benzene rings is 1. The summed E-state index contributed by atoms with van der Waals surface area (Å²) < 4.78 is 0. The molecule has 1 aliphatic heterocycles. The molecule has 1 aromatic carbocycles. The van der Waals surface area contributed by atoms with E-state index >= 15 is 0 Å². The number of hydrogen-bond donors (Lipinski definition) is 1. The fourth-order valence-electron chi connectivity index (χ4n) is 2.54. The molecular weight excluding hydrogens is 258 g/mol. The first-order valence-electron chi connectivity index (χ1n) is 6.23. The van der Waals surface area contributed by atoms with Crippen molar-refractivity contribution in [2.24, 2.45) is 0 Å². The van der Waals surface area contributed by atoms with Gasteiger partial charge in [-0.3, -0.25) is 19.7 Å². The van der Waals surface area contributed by atoms with Gasteiger partial charge >= 0.3 is 0 Å². The molecule has 1 saturated heterocycles. The van der Waals surface area contributed by atoms with E-state index < -0.39 is 5.92 Å². The molecule has 3 rings (SSSR count). The van der Waals surface area contributed by atoms with E-state index in [0.717, 1.165) is 17.2 Å². The molecule has 0 saturated carbocycles. The minimum absolute atomic E-state index is 0.250. The quantitative estimate of drug-likeness (QED) is 0.648. The zero-order valence-electron chi connectivity index (χ0n) is 10.5. The third-order valence-corrected chi connectivity index (χ3v) is 3.54. The highest BCUT2D eigenvalue weighted by molar-refractivity contribution is 6.05. The summed E-state index contributed by atoms with van der Waals surface area (Å²) in [7, 11) is 0. The van der Waals surface area contributed by atoms with Gasteiger partial charge in [-0.05, 0) is 12.0 Å². The van der Waals surface area contributed by atoms with Crippen LogP contribution in [0.1, 0.15) is 34.7 Å². The van der Waals surface area contributed by atoms with Crippen LogP contribution in [0.3, 0.4) is 0 Å². The van der Waals surface area contributed by atoms with Gasteiger partial charge in [0.2, 0.25) is 11.8 Å². The zero-order chi connectivity index (χ0) is 14.1. The van der Waals surface area contributed by atoms with Crippen molar-refractivity contribution < 1.29 is 14.4 Å². The van der Waals surface area contributed by atoms with Crippen LogP contribution >= 0.6 is 0 Å². The van der Waals surface area contributed by atoms with Crippen LogP contribution in [0.5, 0.6) is 0 Å². The fraction of sp³-hybridized carbons (Fsp3) is 0.214. The number of imide groups is 1. The molecule has 20 heavy (non-hydrogen) atoms. The molecule has 0 spiro atoms. The molecule has 100 valence electrons. The fourth-order valence-corrected chi connectivity index (χ4v) is 2.54. The monoisotopic (exact) mass is 269 g/mol. The van der Waals surface area contributed by atoms with Crippen molar-refractivity contribution in [2.45, 2.75) is 18.8 Å². The maximum absolute atomic E-state index is 12.0. The van der Waals surface area contributed by atoms with Gasteiger partial charge in [0.1, 0.15) is 0 Å². The number of rotatable bonds is 2. The minimum Gasteiger partial charge on any atom is -0.298 e. The second-order valence-electron chi connectivity index (χ2n) is 4.68. The molecule has 1 N–H and O–H groups in total. The van der Waals surface area contributed by atoms with E-state index in [1.807, 2.05) is 0 Å². The number of hydrogen-bond acceptors (Lipinski definition) is 5. The Bertz CT molecular complexity index is 727. The van der Waals surface area contributed by atoms with Crippen LogP contribution in [0, 0.1) is 0 Å².